The van der Waals surface area contributed by atoms with Gasteiger partial charge in [-0.15, -0.1) is 11.3 Å². The lowest BCUT2D eigenvalue weighted by Crippen LogP contribution is -2.36. The zero-order chi connectivity index (χ0) is 16.1. The van der Waals surface area contributed by atoms with Crippen molar-refractivity contribution in [3.8, 4) is 0 Å². The Morgan fingerprint density at radius 1 is 1.39 bits per heavy atom. The Labute approximate surface area is 139 Å². The van der Waals surface area contributed by atoms with Crippen LogP contribution in [0.4, 0.5) is 16.2 Å². The molecule has 2 amide bonds. The lowest BCUT2D eigenvalue weighted by Gasteiger charge is -2.29. The van der Waals surface area contributed by atoms with Crippen molar-refractivity contribution in [2.45, 2.75) is 13.5 Å². The van der Waals surface area contributed by atoms with Crippen molar-refractivity contribution >= 4 is 28.7 Å². The zero-order valence-electron chi connectivity index (χ0n) is 13.0. The first-order chi connectivity index (χ1) is 11.2. The van der Waals surface area contributed by atoms with Crippen molar-refractivity contribution in [2.75, 3.05) is 36.5 Å². The topological polar surface area (TPSA) is 66.5 Å². The lowest BCUT2D eigenvalue weighted by atomic mass is 10.2. The van der Waals surface area contributed by atoms with Gasteiger partial charge in [-0.2, -0.15) is 0 Å². The third-order valence-corrected chi connectivity index (χ3v) is 4.67. The number of nitrogens with zero attached hydrogens (tertiary/aromatic N) is 2. The summed E-state index contributed by atoms with van der Waals surface area (Å²) in [6, 6.07) is 7.67. The fourth-order valence-electron chi connectivity index (χ4n) is 2.43. The third kappa shape index (κ3) is 4.20. The molecule has 3 rings (SSSR count). The zero-order valence-corrected chi connectivity index (χ0v) is 13.9. The second kappa shape index (κ2) is 7.43. The second-order valence-electron chi connectivity index (χ2n) is 5.32. The number of amides is 2. The number of hydrogen-bond donors (Lipinski definition) is 2. The number of ether oxygens (including phenoxy) is 1. The normalized spacial score (nSPS) is 14.6. The number of benzene rings is 1. The third-order valence-electron chi connectivity index (χ3n) is 3.73. The summed E-state index contributed by atoms with van der Waals surface area (Å²) < 4.78 is 5.37. The molecule has 0 aliphatic carbocycles. The van der Waals surface area contributed by atoms with Gasteiger partial charge in [0.2, 0.25) is 0 Å². The number of anilines is 2. The van der Waals surface area contributed by atoms with Crippen LogP contribution in [0.15, 0.2) is 29.8 Å². The van der Waals surface area contributed by atoms with Gasteiger partial charge in [-0.3, -0.25) is 0 Å². The number of aryl methyl sites for hydroxylation is 1. The molecule has 2 heterocycles. The van der Waals surface area contributed by atoms with Gasteiger partial charge in [-0.1, -0.05) is 6.07 Å². The van der Waals surface area contributed by atoms with Crippen molar-refractivity contribution in [1.29, 1.82) is 0 Å². The first kappa shape index (κ1) is 15.8. The molecule has 2 N–H and O–H groups in total. The van der Waals surface area contributed by atoms with Gasteiger partial charge in [0.05, 0.1) is 31.0 Å². The predicted molar refractivity (Wildman–Crippen MR) is 92.2 cm³/mol. The quantitative estimate of drug-likeness (QED) is 0.903. The van der Waals surface area contributed by atoms with Crippen molar-refractivity contribution < 1.29 is 9.53 Å². The molecule has 0 bridgehead atoms. The second-order valence-corrected chi connectivity index (χ2v) is 6.26. The Morgan fingerprint density at radius 3 is 2.96 bits per heavy atom. The van der Waals surface area contributed by atoms with Crippen molar-refractivity contribution in [3.05, 3.63) is 40.3 Å². The number of rotatable bonds is 4. The summed E-state index contributed by atoms with van der Waals surface area (Å²) in [6.07, 6.45) is 0. The van der Waals surface area contributed by atoms with Crippen LogP contribution >= 0.6 is 11.3 Å². The van der Waals surface area contributed by atoms with E-state index in [4.69, 9.17) is 4.74 Å². The van der Waals surface area contributed by atoms with Gasteiger partial charge in [-0.25, -0.2) is 9.78 Å². The van der Waals surface area contributed by atoms with Crippen LogP contribution in [0.3, 0.4) is 0 Å². The van der Waals surface area contributed by atoms with Crippen LogP contribution in [-0.2, 0) is 11.3 Å². The number of thiazole rings is 1. The highest BCUT2D eigenvalue weighted by molar-refractivity contribution is 7.09. The number of morpholine rings is 1. The molecule has 0 unspecified atom stereocenters. The summed E-state index contributed by atoms with van der Waals surface area (Å²) in [6.45, 7) is 5.67. The van der Waals surface area contributed by atoms with Gasteiger partial charge in [-0.05, 0) is 25.1 Å². The summed E-state index contributed by atoms with van der Waals surface area (Å²) >= 11 is 1.55. The van der Waals surface area contributed by atoms with Crippen LogP contribution < -0.4 is 15.5 Å². The molecule has 7 heteroatoms. The molecule has 2 aromatic rings. The van der Waals surface area contributed by atoms with E-state index in [0.717, 1.165) is 48.2 Å². The van der Waals surface area contributed by atoms with Crippen molar-refractivity contribution in [1.82, 2.24) is 10.3 Å². The highest BCUT2D eigenvalue weighted by Crippen LogP contribution is 2.20. The maximum atomic E-state index is 12.0. The smallest absolute Gasteiger partial charge is 0.319 e. The molecular weight excluding hydrogens is 312 g/mol. The highest BCUT2D eigenvalue weighted by Gasteiger charge is 2.12. The SMILES string of the molecule is Cc1ncsc1CNC(=O)Nc1cccc(N2CCOCC2)c1. The first-order valence-corrected chi connectivity index (χ1v) is 8.47. The number of hydrogen-bond acceptors (Lipinski definition) is 5. The maximum absolute atomic E-state index is 12.0. The molecule has 0 spiro atoms. The molecule has 1 aliphatic rings. The summed E-state index contributed by atoms with van der Waals surface area (Å²) in [7, 11) is 0. The number of urea groups is 1. The maximum Gasteiger partial charge on any atom is 0.319 e. The monoisotopic (exact) mass is 332 g/mol. The summed E-state index contributed by atoms with van der Waals surface area (Å²) in [4.78, 5) is 19.5. The number of aromatic nitrogens is 1. The molecule has 1 aromatic heterocycles. The van der Waals surface area contributed by atoms with Crippen molar-refractivity contribution in [3.63, 3.8) is 0 Å². The Balaban J connectivity index is 1.56. The largest absolute Gasteiger partial charge is 0.378 e. The molecule has 6 nitrogen and oxygen atoms in total. The average Bonchev–Trinajstić information content (AvgIpc) is 2.99. The van der Waals surface area contributed by atoms with E-state index in [2.05, 4.69) is 26.6 Å². The Kier molecular flexibility index (Phi) is 5.09. The minimum atomic E-state index is -0.211. The molecule has 23 heavy (non-hydrogen) atoms. The van der Waals surface area contributed by atoms with Crippen LogP contribution in [0.1, 0.15) is 10.6 Å². The van der Waals surface area contributed by atoms with Gasteiger partial charge in [0.1, 0.15) is 0 Å². The van der Waals surface area contributed by atoms with Crippen LogP contribution in [0.2, 0.25) is 0 Å². The van der Waals surface area contributed by atoms with Crippen LogP contribution in [0.25, 0.3) is 0 Å². The summed E-state index contributed by atoms with van der Waals surface area (Å²) in [5.41, 5.74) is 4.64. The Hall–Kier alpha value is -2.12. The van der Waals surface area contributed by atoms with Gasteiger partial charge < -0.3 is 20.3 Å². The fraction of sp³-hybridized carbons (Fsp3) is 0.375. The van der Waals surface area contributed by atoms with Crippen LogP contribution in [0.5, 0.6) is 0 Å². The fourth-order valence-corrected chi connectivity index (χ4v) is 3.15. The average molecular weight is 332 g/mol. The molecule has 0 radical (unpaired) electrons. The minimum absolute atomic E-state index is 0.211. The van der Waals surface area contributed by atoms with E-state index in [1.807, 2.05) is 25.1 Å². The molecule has 0 atom stereocenters. The van der Waals surface area contributed by atoms with E-state index in [1.165, 1.54) is 0 Å². The van der Waals surface area contributed by atoms with E-state index in [1.54, 1.807) is 16.8 Å². The Bertz CT molecular complexity index is 668. The molecule has 1 aliphatic heterocycles. The van der Waals surface area contributed by atoms with E-state index in [-0.39, 0.29) is 6.03 Å². The van der Waals surface area contributed by atoms with Gasteiger partial charge >= 0.3 is 6.03 Å². The number of nitrogens with one attached hydrogen (secondary N) is 2. The molecule has 1 saturated heterocycles. The summed E-state index contributed by atoms with van der Waals surface area (Å²) in [5.74, 6) is 0. The number of carbonyl (C=O) groups excluding carboxylic acids is 1. The Morgan fingerprint density at radius 2 is 2.22 bits per heavy atom. The van der Waals surface area contributed by atoms with E-state index in [0.29, 0.717) is 6.54 Å². The van der Waals surface area contributed by atoms with Crippen LogP contribution in [-0.4, -0.2) is 37.3 Å². The molecule has 1 fully saturated rings. The van der Waals surface area contributed by atoms with E-state index >= 15 is 0 Å². The molecule has 0 saturated carbocycles. The van der Waals surface area contributed by atoms with Gasteiger partial charge in [0.25, 0.3) is 0 Å². The standard InChI is InChI=1S/C16H20N4O2S/c1-12-15(23-11-18-12)10-17-16(21)19-13-3-2-4-14(9-13)20-5-7-22-8-6-20/h2-4,9,11H,5-8,10H2,1H3,(H2,17,19,21). The first-order valence-electron chi connectivity index (χ1n) is 7.59. The van der Waals surface area contributed by atoms with E-state index in [9.17, 15) is 4.79 Å². The van der Waals surface area contributed by atoms with E-state index < -0.39 is 0 Å². The van der Waals surface area contributed by atoms with Crippen LogP contribution in [0, 0.1) is 6.92 Å². The van der Waals surface area contributed by atoms with Gasteiger partial charge in [0, 0.05) is 29.3 Å². The van der Waals surface area contributed by atoms with Gasteiger partial charge in [0.15, 0.2) is 0 Å². The number of carbonyl (C=O) groups is 1. The lowest BCUT2D eigenvalue weighted by molar-refractivity contribution is 0.122. The molecular formula is C16H20N4O2S. The summed E-state index contributed by atoms with van der Waals surface area (Å²) in [5, 5.41) is 5.74. The molecule has 122 valence electrons. The van der Waals surface area contributed by atoms with Crippen molar-refractivity contribution in [2.24, 2.45) is 0 Å². The molecule has 1 aromatic carbocycles. The minimum Gasteiger partial charge on any atom is -0.378 e. The predicted octanol–water partition coefficient (Wildman–Crippen LogP) is 2.61. The highest BCUT2D eigenvalue weighted by atomic mass is 32.1.